The lowest BCUT2D eigenvalue weighted by molar-refractivity contribution is 0.554. The monoisotopic (exact) mass is 565 g/mol. The van der Waals surface area contributed by atoms with Crippen LogP contribution in [0.3, 0.4) is 0 Å². The Hall–Kier alpha value is -4.50. The molecule has 218 valence electrons. The first-order valence-electron chi connectivity index (χ1n) is 16.1. The van der Waals surface area contributed by atoms with Crippen LogP contribution in [-0.2, 0) is 19.3 Å². The molecule has 1 aromatic heterocycles. The van der Waals surface area contributed by atoms with Gasteiger partial charge in [0.15, 0.2) is 0 Å². The molecular formula is C40H43N3. The Morgan fingerprint density at radius 3 is 1.95 bits per heavy atom. The van der Waals surface area contributed by atoms with Gasteiger partial charge in [0.25, 0.3) is 0 Å². The molecule has 0 bridgehead atoms. The summed E-state index contributed by atoms with van der Waals surface area (Å²) in [6.07, 6.45) is 16.2. The zero-order chi connectivity index (χ0) is 29.8. The van der Waals surface area contributed by atoms with Crippen molar-refractivity contribution in [3.63, 3.8) is 0 Å². The average molecular weight is 566 g/mol. The van der Waals surface area contributed by atoms with Crippen LogP contribution in [0, 0.1) is 0 Å². The van der Waals surface area contributed by atoms with Gasteiger partial charge in [-0.2, -0.15) is 0 Å². The summed E-state index contributed by atoms with van der Waals surface area (Å²) in [6, 6.07) is 30.7. The number of aryl methyl sites for hydroxylation is 1. The third-order valence-electron chi connectivity index (χ3n) is 8.63. The number of rotatable bonds is 3. The van der Waals surface area contributed by atoms with Gasteiger partial charge in [-0.1, -0.05) is 131 Å². The van der Waals surface area contributed by atoms with Gasteiger partial charge in [0, 0.05) is 28.2 Å². The topological polar surface area (TPSA) is 29.0 Å². The number of nitrogens with one attached hydrogen (secondary N) is 2. The Morgan fingerprint density at radius 2 is 1.26 bits per heavy atom. The minimum atomic E-state index is 0.149. The molecule has 8 rings (SSSR count). The van der Waals surface area contributed by atoms with E-state index in [-0.39, 0.29) is 12.1 Å². The fraction of sp³-hybridized carbons (Fsp3) is 0.250. The van der Waals surface area contributed by atoms with Crippen molar-refractivity contribution in [3.8, 4) is 11.1 Å². The van der Waals surface area contributed by atoms with Gasteiger partial charge in [0.1, 0.15) is 0 Å². The van der Waals surface area contributed by atoms with E-state index in [9.17, 15) is 0 Å². The van der Waals surface area contributed by atoms with Gasteiger partial charge in [0.05, 0.1) is 23.5 Å². The van der Waals surface area contributed by atoms with Gasteiger partial charge < -0.3 is 15.2 Å². The van der Waals surface area contributed by atoms with Crippen molar-refractivity contribution >= 4 is 23.2 Å². The van der Waals surface area contributed by atoms with Gasteiger partial charge in [-0.05, 0) is 60.1 Å². The van der Waals surface area contributed by atoms with Gasteiger partial charge in [-0.3, -0.25) is 0 Å². The fourth-order valence-corrected chi connectivity index (χ4v) is 6.85. The maximum Gasteiger partial charge on any atom is 0.0706 e. The molecular weight excluding hydrogens is 522 g/mol. The molecule has 3 nitrogen and oxygen atoms in total. The highest BCUT2D eigenvalue weighted by atomic mass is 15.1. The molecule has 0 spiro atoms. The second-order valence-electron chi connectivity index (χ2n) is 10.9. The first kappa shape index (κ1) is 28.6. The second-order valence-corrected chi connectivity index (χ2v) is 10.9. The summed E-state index contributed by atoms with van der Waals surface area (Å²) >= 11 is 0. The Bertz CT molecular complexity index is 1700. The molecule has 0 saturated carbocycles. The number of hydrogen-bond donors (Lipinski definition) is 2. The van der Waals surface area contributed by atoms with Crippen molar-refractivity contribution in [2.24, 2.45) is 0 Å². The molecule has 43 heavy (non-hydrogen) atoms. The summed E-state index contributed by atoms with van der Waals surface area (Å²) in [7, 11) is 0. The maximum absolute atomic E-state index is 3.95. The minimum Gasteiger partial charge on any atom is -0.374 e. The summed E-state index contributed by atoms with van der Waals surface area (Å²) in [5.74, 6) is 0. The lowest BCUT2D eigenvalue weighted by atomic mass is 9.86. The Balaban J connectivity index is 0.000000792. The number of allylic oxidation sites excluding steroid dienone is 3. The molecule has 4 aromatic rings. The number of aromatic nitrogens is 1. The molecule has 3 aromatic carbocycles. The van der Waals surface area contributed by atoms with Crippen molar-refractivity contribution in [3.05, 3.63) is 143 Å². The molecule has 2 heterocycles. The predicted octanol–water partition coefficient (Wildman–Crippen LogP) is 9.13. The van der Waals surface area contributed by atoms with E-state index < -0.39 is 0 Å². The summed E-state index contributed by atoms with van der Waals surface area (Å²) in [5.41, 5.74) is 14.7. The van der Waals surface area contributed by atoms with Crippen molar-refractivity contribution in [1.82, 2.24) is 15.2 Å². The lowest BCUT2D eigenvalue weighted by Gasteiger charge is -2.38. The van der Waals surface area contributed by atoms with Crippen LogP contribution >= 0.6 is 0 Å². The predicted molar refractivity (Wildman–Crippen MR) is 184 cm³/mol. The standard InChI is InChI=1S/C36H31N3.2C2H6/c1-3-12-25(13-4-1)35-36(26-14-5-2-6-15-26)38-31-23-27(20-21-30(31)37-35)39-32-18-10-9-17-29(32)34-28-16-8-7-11-24(28)19-22-33(34)39;2*1-2/h1-9,11-17,20-21,23,30-31,37-38H,10,18-19,22H2;2*1-2H3. The molecule has 0 fully saturated rings. The van der Waals surface area contributed by atoms with E-state index in [1.54, 1.807) is 0 Å². The van der Waals surface area contributed by atoms with E-state index in [4.69, 9.17) is 0 Å². The van der Waals surface area contributed by atoms with Crippen molar-refractivity contribution in [2.45, 2.75) is 65.5 Å². The van der Waals surface area contributed by atoms with Crippen molar-refractivity contribution < 1.29 is 0 Å². The average Bonchev–Trinajstić information content (AvgIpc) is 3.45. The number of nitrogens with zero attached hydrogens (tertiary/aromatic N) is 1. The highest BCUT2D eigenvalue weighted by Crippen LogP contribution is 2.44. The van der Waals surface area contributed by atoms with Crippen LogP contribution < -0.4 is 10.6 Å². The van der Waals surface area contributed by atoms with Crippen LogP contribution in [0.4, 0.5) is 0 Å². The smallest absolute Gasteiger partial charge is 0.0706 e. The molecule has 4 aliphatic rings. The molecule has 2 atom stereocenters. The van der Waals surface area contributed by atoms with Crippen molar-refractivity contribution in [1.29, 1.82) is 0 Å². The zero-order valence-corrected chi connectivity index (χ0v) is 25.9. The summed E-state index contributed by atoms with van der Waals surface area (Å²) in [5, 5.41) is 7.84. The van der Waals surface area contributed by atoms with Crippen LogP contribution in [0.2, 0.25) is 0 Å². The van der Waals surface area contributed by atoms with E-state index in [1.807, 2.05) is 27.7 Å². The van der Waals surface area contributed by atoms with Gasteiger partial charge in [-0.25, -0.2) is 0 Å². The van der Waals surface area contributed by atoms with Crippen LogP contribution in [0.25, 0.3) is 34.3 Å². The first-order chi connectivity index (χ1) is 21.3. The third kappa shape index (κ3) is 5.18. The SMILES string of the molecule is C1=Cc2c3c(n(C4=CC5NC(c6ccccc6)=C(c6ccccc6)NC5C=C4)c2CC1)CCc1ccccc1-3.CC.CC. The third-order valence-corrected chi connectivity index (χ3v) is 8.63. The maximum atomic E-state index is 3.95. The summed E-state index contributed by atoms with van der Waals surface area (Å²) in [6.45, 7) is 8.00. The van der Waals surface area contributed by atoms with Crippen LogP contribution in [-0.4, -0.2) is 16.7 Å². The van der Waals surface area contributed by atoms with Gasteiger partial charge >= 0.3 is 0 Å². The van der Waals surface area contributed by atoms with E-state index in [1.165, 1.54) is 50.5 Å². The van der Waals surface area contributed by atoms with E-state index in [0.29, 0.717) is 0 Å². The molecule has 1 aliphatic heterocycles. The van der Waals surface area contributed by atoms with Gasteiger partial charge in [0.2, 0.25) is 0 Å². The Kier molecular flexibility index (Phi) is 8.51. The van der Waals surface area contributed by atoms with E-state index in [0.717, 1.165) is 37.1 Å². The highest BCUT2D eigenvalue weighted by molar-refractivity contribution is 5.91. The first-order valence-corrected chi connectivity index (χ1v) is 16.1. The normalized spacial score (nSPS) is 19.0. The zero-order valence-electron chi connectivity index (χ0n) is 25.9. The van der Waals surface area contributed by atoms with Crippen LogP contribution in [0.15, 0.2) is 109 Å². The molecule has 0 amide bonds. The molecule has 3 aliphatic carbocycles. The number of hydrogen-bond acceptors (Lipinski definition) is 2. The fourth-order valence-electron chi connectivity index (χ4n) is 6.85. The van der Waals surface area contributed by atoms with E-state index in [2.05, 4.69) is 131 Å². The van der Waals surface area contributed by atoms with E-state index >= 15 is 0 Å². The molecule has 2 N–H and O–H groups in total. The largest absolute Gasteiger partial charge is 0.374 e. The second kappa shape index (κ2) is 12.8. The quantitative estimate of drug-likeness (QED) is 0.259. The summed E-state index contributed by atoms with van der Waals surface area (Å²) in [4.78, 5) is 0. The molecule has 3 heteroatoms. The minimum absolute atomic E-state index is 0.149. The van der Waals surface area contributed by atoms with Crippen molar-refractivity contribution in [2.75, 3.05) is 0 Å². The summed E-state index contributed by atoms with van der Waals surface area (Å²) < 4.78 is 2.59. The Morgan fingerprint density at radius 1 is 0.628 bits per heavy atom. The molecule has 0 saturated heterocycles. The highest BCUT2D eigenvalue weighted by Gasteiger charge is 2.33. The van der Waals surface area contributed by atoms with Crippen LogP contribution in [0.1, 0.15) is 67.8 Å². The lowest BCUT2D eigenvalue weighted by Crippen LogP contribution is -2.50. The number of benzene rings is 3. The van der Waals surface area contributed by atoms with Crippen LogP contribution in [0.5, 0.6) is 0 Å². The molecule has 0 radical (unpaired) electrons. The van der Waals surface area contributed by atoms with Gasteiger partial charge in [-0.15, -0.1) is 0 Å². The molecule has 2 unspecified atom stereocenters. The number of fused-ring (bicyclic) bond motifs is 6. The Labute approximate surface area is 257 Å².